The first-order chi connectivity index (χ1) is 11.5. The Labute approximate surface area is 142 Å². The quantitative estimate of drug-likeness (QED) is 0.659. The largest absolute Gasteiger partial charge is 0.480 e. The highest BCUT2D eigenvalue weighted by molar-refractivity contribution is 7.19. The Balaban J connectivity index is 1.75. The Bertz CT molecular complexity index is 749. The predicted octanol–water partition coefficient (Wildman–Crippen LogP) is 1.14. The van der Waals surface area contributed by atoms with Gasteiger partial charge in [0.15, 0.2) is 5.13 Å². The molecule has 0 saturated carbocycles. The van der Waals surface area contributed by atoms with Gasteiger partial charge in [0.25, 0.3) is 0 Å². The molecule has 8 heteroatoms. The van der Waals surface area contributed by atoms with Crippen molar-refractivity contribution >= 4 is 28.3 Å². The van der Waals surface area contributed by atoms with Crippen molar-refractivity contribution in [2.24, 2.45) is 11.7 Å². The lowest BCUT2D eigenvalue weighted by molar-refractivity contribution is -0.149. The molecule has 2 unspecified atom stereocenters. The summed E-state index contributed by atoms with van der Waals surface area (Å²) in [5.74, 6) is -2.44. The molecule has 2 aromatic rings. The van der Waals surface area contributed by atoms with Crippen molar-refractivity contribution in [3.8, 4) is 10.4 Å². The summed E-state index contributed by atoms with van der Waals surface area (Å²) in [5.41, 5.74) is 5.43. The maximum Gasteiger partial charge on any atom is 0.324 e. The molecular weight excluding hydrogens is 328 g/mol. The van der Waals surface area contributed by atoms with Crippen molar-refractivity contribution in [2.75, 3.05) is 18.4 Å². The van der Waals surface area contributed by atoms with Gasteiger partial charge in [0.1, 0.15) is 5.54 Å². The SMILES string of the molecule is NC1(C(=O)O)CCNCC1C(=O)Nc1ncc(-c2ccccc2)s1. The summed E-state index contributed by atoms with van der Waals surface area (Å²) < 4.78 is 0. The average Bonchev–Trinajstić information content (AvgIpc) is 3.04. The number of carbonyl (C=O) groups excluding carboxylic acids is 1. The molecule has 5 N–H and O–H groups in total. The zero-order valence-electron chi connectivity index (χ0n) is 12.9. The van der Waals surface area contributed by atoms with Crippen LogP contribution >= 0.6 is 11.3 Å². The number of nitrogens with zero attached hydrogens (tertiary/aromatic N) is 1. The van der Waals surface area contributed by atoms with Gasteiger partial charge in [-0.25, -0.2) is 4.98 Å². The van der Waals surface area contributed by atoms with Crippen LogP contribution in [0.3, 0.4) is 0 Å². The molecule has 1 saturated heterocycles. The van der Waals surface area contributed by atoms with Crippen LogP contribution in [0.25, 0.3) is 10.4 Å². The van der Waals surface area contributed by atoms with Gasteiger partial charge in [-0.1, -0.05) is 41.7 Å². The lowest BCUT2D eigenvalue weighted by Gasteiger charge is -2.36. The van der Waals surface area contributed by atoms with E-state index < -0.39 is 23.3 Å². The number of aliphatic carboxylic acids is 1. The minimum absolute atomic E-state index is 0.202. The number of amides is 1. The van der Waals surface area contributed by atoms with Gasteiger partial charge in [-0.3, -0.25) is 9.59 Å². The molecule has 0 spiro atoms. The van der Waals surface area contributed by atoms with E-state index in [1.807, 2.05) is 30.3 Å². The number of carbonyl (C=O) groups is 2. The molecule has 1 aliphatic rings. The second-order valence-corrected chi connectivity index (χ2v) is 6.77. The molecule has 0 bridgehead atoms. The Kier molecular flexibility index (Phi) is 4.61. The van der Waals surface area contributed by atoms with Gasteiger partial charge in [0.2, 0.25) is 5.91 Å². The van der Waals surface area contributed by atoms with Crippen LogP contribution in [-0.4, -0.2) is 40.6 Å². The maximum absolute atomic E-state index is 12.5. The van der Waals surface area contributed by atoms with E-state index in [2.05, 4.69) is 15.6 Å². The number of nitrogens with two attached hydrogens (primary N) is 1. The summed E-state index contributed by atoms with van der Waals surface area (Å²) in [6.07, 6.45) is 1.88. The maximum atomic E-state index is 12.5. The number of hydrogen-bond acceptors (Lipinski definition) is 6. The third-order valence-electron chi connectivity index (χ3n) is 4.19. The average molecular weight is 346 g/mol. The minimum Gasteiger partial charge on any atom is -0.480 e. The van der Waals surface area contributed by atoms with Gasteiger partial charge in [0.05, 0.1) is 10.8 Å². The molecule has 1 fully saturated rings. The second kappa shape index (κ2) is 6.68. The molecule has 126 valence electrons. The normalized spacial score (nSPS) is 23.6. The fourth-order valence-corrected chi connectivity index (χ4v) is 3.57. The highest BCUT2D eigenvalue weighted by atomic mass is 32.1. The van der Waals surface area contributed by atoms with Crippen molar-refractivity contribution in [3.05, 3.63) is 36.5 Å². The van der Waals surface area contributed by atoms with Gasteiger partial charge >= 0.3 is 5.97 Å². The number of rotatable bonds is 4. The van der Waals surface area contributed by atoms with Crippen LogP contribution in [0.5, 0.6) is 0 Å². The van der Waals surface area contributed by atoms with Crippen molar-refractivity contribution in [1.29, 1.82) is 0 Å². The van der Waals surface area contributed by atoms with Crippen LogP contribution in [0.1, 0.15) is 6.42 Å². The highest BCUT2D eigenvalue weighted by Gasteiger charge is 2.47. The summed E-state index contributed by atoms with van der Waals surface area (Å²) in [6.45, 7) is 0.702. The van der Waals surface area contributed by atoms with Gasteiger partial charge in [0, 0.05) is 12.7 Å². The zero-order valence-corrected chi connectivity index (χ0v) is 13.7. The van der Waals surface area contributed by atoms with E-state index >= 15 is 0 Å². The molecule has 0 radical (unpaired) electrons. The summed E-state index contributed by atoms with van der Waals surface area (Å²) in [7, 11) is 0. The van der Waals surface area contributed by atoms with Crippen LogP contribution in [0.2, 0.25) is 0 Å². The Hall–Kier alpha value is -2.29. The van der Waals surface area contributed by atoms with Gasteiger partial charge < -0.3 is 21.5 Å². The van der Waals surface area contributed by atoms with Crippen LogP contribution in [0.4, 0.5) is 5.13 Å². The number of nitrogens with one attached hydrogen (secondary N) is 2. The molecule has 3 rings (SSSR count). The Morgan fingerprint density at radius 1 is 1.38 bits per heavy atom. The summed E-state index contributed by atoms with van der Waals surface area (Å²) in [4.78, 5) is 29.1. The van der Waals surface area contributed by atoms with E-state index in [1.54, 1.807) is 6.20 Å². The number of carboxylic acid groups (broad SMARTS) is 1. The third kappa shape index (κ3) is 3.16. The number of benzene rings is 1. The number of carboxylic acids is 1. The van der Waals surface area contributed by atoms with Crippen LogP contribution in [-0.2, 0) is 9.59 Å². The minimum atomic E-state index is -1.56. The van der Waals surface area contributed by atoms with E-state index in [-0.39, 0.29) is 13.0 Å². The second-order valence-electron chi connectivity index (χ2n) is 5.74. The van der Waals surface area contributed by atoms with Crippen molar-refractivity contribution in [3.63, 3.8) is 0 Å². The molecule has 24 heavy (non-hydrogen) atoms. The summed E-state index contributed by atoms with van der Waals surface area (Å²) in [5, 5.41) is 15.5. The van der Waals surface area contributed by atoms with E-state index in [9.17, 15) is 14.7 Å². The van der Waals surface area contributed by atoms with Gasteiger partial charge in [-0.2, -0.15) is 0 Å². The molecular formula is C16H18N4O3S. The number of aromatic nitrogens is 1. The number of anilines is 1. The van der Waals surface area contributed by atoms with Crippen molar-refractivity contribution < 1.29 is 14.7 Å². The Morgan fingerprint density at radius 2 is 2.12 bits per heavy atom. The third-order valence-corrected chi connectivity index (χ3v) is 5.16. The monoisotopic (exact) mass is 346 g/mol. The Morgan fingerprint density at radius 3 is 2.83 bits per heavy atom. The standard InChI is InChI=1S/C16H18N4O3S/c17-16(14(22)23)6-7-18-8-11(16)13(21)20-15-19-9-12(24-15)10-4-2-1-3-5-10/h1-5,9,11,18H,6-8,17H2,(H,22,23)(H,19,20,21). The van der Waals surface area contributed by atoms with E-state index in [0.29, 0.717) is 11.7 Å². The molecule has 1 aliphatic heterocycles. The molecule has 2 atom stereocenters. The predicted molar refractivity (Wildman–Crippen MR) is 91.7 cm³/mol. The molecule has 1 amide bonds. The number of thiazole rings is 1. The highest BCUT2D eigenvalue weighted by Crippen LogP contribution is 2.30. The van der Waals surface area contributed by atoms with Gasteiger partial charge in [-0.15, -0.1) is 0 Å². The topological polar surface area (TPSA) is 117 Å². The summed E-state index contributed by atoms with van der Waals surface area (Å²) in [6, 6.07) is 9.70. The molecule has 2 heterocycles. The molecule has 0 aliphatic carbocycles. The first-order valence-corrected chi connectivity index (χ1v) is 8.37. The van der Waals surface area contributed by atoms with Crippen LogP contribution in [0, 0.1) is 5.92 Å². The lowest BCUT2D eigenvalue weighted by atomic mass is 9.78. The first-order valence-electron chi connectivity index (χ1n) is 7.56. The fourth-order valence-electron chi connectivity index (χ4n) is 2.74. The smallest absolute Gasteiger partial charge is 0.324 e. The van der Waals surface area contributed by atoms with Gasteiger partial charge in [-0.05, 0) is 18.5 Å². The van der Waals surface area contributed by atoms with E-state index in [4.69, 9.17) is 5.73 Å². The summed E-state index contributed by atoms with van der Waals surface area (Å²) >= 11 is 1.34. The lowest BCUT2D eigenvalue weighted by Crippen LogP contribution is -2.64. The zero-order chi connectivity index (χ0) is 17.2. The van der Waals surface area contributed by atoms with Crippen molar-refractivity contribution in [2.45, 2.75) is 12.0 Å². The molecule has 1 aromatic carbocycles. The van der Waals surface area contributed by atoms with E-state index in [0.717, 1.165) is 10.4 Å². The molecule has 1 aromatic heterocycles. The number of piperidine rings is 1. The first kappa shape index (κ1) is 16.6. The molecule has 7 nitrogen and oxygen atoms in total. The number of hydrogen-bond donors (Lipinski definition) is 4. The van der Waals surface area contributed by atoms with Crippen molar-refractivity contribution in [1.82, 2.24) is 10.3 Å². The van der Waals surface area contributed by atoms with Crippen LogP contribution < -0.4 is 16.4 Å². The fraction of sp³-hybridized carbons (Fsp3) is 0.312. The van der Waals surface area contributed by atoms with Crippen LogP contribution in [0.15, 0.2) is 36.5 Å². The van der Waals surface area contributed by atoms with E-state index in [1.165, 1.54) is 11.3 Å².